The predicted molar refractivity (Wildman–Crippen MR) is 161 cm³/mol. The van der Waals surface area contributed by atoms with Gasteiger partial charge >= 0.3 is 0 Å². The Morgan fingerprint density at radius 3 is 2.18 bits per heavy atom. The highest BCUT2D eigenvalue weighted by Gasteiger charge is 2.18. The van der Waals surface area contributed by atoms with Gasteiger partial charge in [0.2, 0.25) is 5.91 Å². The fourth-order valence-corrected chi connectivity index (χ4v) is 5.26. The minimum Gasteiger partial charge on any atom is -0.325 e. The van der Waals surface area contributed by atoms with Gasteiger partial charge in [-0.15, -0.1) is 11.8 Å². The maximum atomic E-state index is 13.1. The monoisotopic (exact) mass is 555 g/mol. The molecular formula is C31H29N3O3S2. The van der Waals surface area contributed by atoms with Crippen LogP contribution >= 0.6 is 23.1 Å². The van der Waals surface area contributed by atoms with Crippen molar-refractivity contribution in [2.24, 2.45) is 0 Å². The van der Waals surface area contributed by atoms with Gasteiger partial charge in [0, 0.05) is 21.8 Å². The Kier molecular flexibility index (Phi) is 9.35. The summed E-state index contributed by atoms with van der Waals surface area (Å²) in [7, 11) is 0. The number of para-hydroxylation sites is 1. The highest BCUT2D eigenvalue weighted by molar-refractivity contribution is 8.00. The van der Waals surface area contributed by atoms with Gasteiger partial charge in [-0.2, -0.15) is 11.3 Å². The molecule has 0 radical (unpaired) electrons. The molecule has 0 fully saturated rings. The number of amides is 3. The van der Waals surface area contributed by atoms with E-state index in [9.17, 15) is 14.4 Å². The van der Waals surface area contributed by atoms with Crippen LogP contribution in [0.4, 0.5) is 11.4 Å². The largest absolute Gasteiger partial charge is 0.325 e. The van der Waals surface area contributed by atoms with E-state index in [1.807, 2.05) is 74.0 Å². The van der Waals surface area contributed by atoms with Crippen LogP contribution in [0.5, 0.6) is 0 Å². The fourth-order valence-electron chi connectivity index (χ4n) is 3.78. The lowest BCUT2D eigenvalue weighted by atomic mass is 10.1. The Bertz CT molecular complexity index is 1460. The van der Waals surface area contributed by atoms with E-state index >= 15 is 0 Å². The van der Waals surface area contributed by atoms with E-state index in [-0.39, 0.29) is 22.8 Å². The van der Waals surface area contributed by atoms with Crippen molar-refractivity contribution in [3.8, 4) is 0 Å². The molecule has 1 atom stereocenters. The zero-order valence-corrected chi connectivity index (χ0v) is 23.5. The summed E-state index contributed by atoms with van der Waals surface area (Å²) in [4.78, 5) is 39.6. The molecule has 3 N–H and O–H groups in total. The number of carbonyl (C=O) groups is 3. The minimum absolute atomic E-state index is 0.0767. The number of benzene rings is 3. The number of thioether (sulfide) groups is 1. The molecule has 0 saturated heterocycles. The second-order valence-electron chi connectivity index (χ2n) is 8.93. The third-order valence-corrected chi connectivity index (χ3v) is 7.72. The van der Waals surface area contributed by atoms with Crippen LogP contribution < -0.4 is 16.0 Å². The van der Waals surface area contributed by atoms with Gasteiger partial charge < -0.3 is 16.0 Å². The lowest BCUT2D eigenvalue weighted by Crippen LogP contribution is -2.30. The van der Waals surface area contributed by atoms with Gasteiger partial charge in [0.1, 0.15) is 5.70 Å². The molecular weight excluding hydrogens is 526 g/mol. The molecule has 0 saturated carbocycles. The molecule has 4 rings (SSSR count). The Morgan fingerprint density at radius 2 is 1.54 bits per heavy atom. The molecule has 0 aliphatic heterocycles. The number of anilines is 2. The minimum atomic E-state index is -0.438. The van der Waals surface area contributed by atoms with Gasteiger partial charge in [-0.25, -0.2) is 0 Å². The summed E-state index contributed by atoms with van der Waals surface area (Å²) in [6.07, 6.45) is 1.65. The molecule has 3 aromatic carbocycles. The first kappa shape index (κ1) is 27.9. The molecule has 0 aliphatic rings. The summed E-state index contributed by atoms with van der Waals surface area (Å²) >= 11 is 2.94. The van der Waals surface area contributed by atoms with Crippen LogP contribution in [0, 0.1) is 13.8 Å². The van der Waals surface area contributed by atoms with Gasteiger partial charge in [0.15, 0.2) is 0 Å². The highest BCUT2D eigenvalue weighted by atomic mass is 32.2. The summed E-state index contributed by atoms with van der Waals surface area (Å²) in [5.41, 5.74) is 4.87. The van der Waals surface area contributed by atoms with E-state index in [1.54, 1.807) is 42.5 Å². The van der Waals surface area contributed by atoms with E-state index in [4.69, 9.17) is 0 Å². The average Bonchev–Trinajstić information content (AvgIpc) is 3.45. The van der Waals surface area contributed by atoms with E-state index in [2.05, 4.69) is 16.0 Å². The number of hydrogen-bond donors (Lipinski definition) is 3. The number of nitrogens with one attached hydrogen (secondary N) is 3. The number of thiophene rings is 1. The lowest BCUT2D eigenvalue weighted by Gasteiger charge is -2.16. The van der Waals surface area contributed by atoms with Gasteiger partial charge in [0.25, 0.3) is 11.8 Å². The van der Waals surface area contributed by atoms with E-state index in [0.29, 0.717) is 11.3 Å². The van der Waals surface area contributed by atoms with Crippen LogP contribution in [0.2, 0.25) is 0 Å². The van der Waals surface area contributed by atoms with Crippen LogP contribution in [-0.4, -0.2) is 23.0 Å². The van der Waals surface area contributed by atoms with Crippen LogP contribution in [0.15, 0.2) is 100 Å². The summed E-state index contributed by atoms with van der Waals surface area (Å²) < 4.78 is 0. The molecule has 0 spiro atoms. The second kappa shape index (κ2) is 13.1. The summed E-state index contributed by atoms with van der Waals surface area (Å²) in [6, 6.07) is 23.8. The lowest BCUT2D eigenvalue weighted by molar-refractivity contribution is -0.115. The molecule has 39 heavy (non-hydrogen) atoms. The third kappa shape index (κ3) is 7.69. The summed E-state index contributed by atoms with van der Waals surface area (Å²) in [5, 5.41) is 12.1. The smallest absolute Gasteiger partial charge is 0.272 e. The van der Waals surface area contributed by atoms with E-state index < -0.39 is 5.91 Å². The van der Waals surface area contributed by atoms with Gasteiger partial charge in [-0.3, -0.25) is 14.4 Å². The van der Waals surface area contributed by atoms with Crippen molar-refractivity contribution < 1.29 is 14.4 Å². The maximum absolute atomic E-state index is 13.1. The fraction of sp³-hybridized carbons (Fsp3) is 0.129. The normalized spacial score (nSPS) is 11.9. The molecule has 1 unspecified atom stereocenters. The Hall–Kier alpha value is -4.14. The standard InChI is InChI=1S/C31H29N3O3S2/c1-20-8-7-9-21(2)28(20)34-29(35)22(3)39-26-14-12-25(13-15-26)32-31(37)27(18-23-16-17-38-19-23)33-30(36)24-10-5-4-6-11-24/h4-19,22H,1-3H3,(H,32,37)(H,33,36)(H,34,35)/b27-18-. The molecule has 198 valence electrons. The first-order valence-electron chi connectivity index (χ1n) is 12.4. The number of hydrogen-bond acceptors (Lipinski definition) is 5. The zero-order chi connectivity index (χ0) is 27.8. The average molecular weight is 556 g/mol. The van der Waals surface area contributed by atoms with Crippen molar-refractivity contribution in [3.05, 3.63) is 118 Å². The molecule has 0 bridgehead atoms. The quantitative estimate of drug-likeness (QED) is 0.155. The molecule has 4 aromatic rings. The number of carbonyl (C=O) groups excluding carboxylic acids is 3. The van der Waals surface area contributed by atoms with Gasteiger partial charge in [-0.1, -0.05) is 36.4 Å². The topological polar surface area (TPSA) is 87.3 Å². The first-order chi connectivity index (χ1) is 18.8. The van der Waals surface area contributed by atoms with Crippen LogP contribution in [0.3, 0.4) is 0 Å². The Balaban J connectivity index is 1.40. The Labute approximate surface area is 236 Å². The van der Waals surface area contributed by atoms with Crippen molar-refractivity contribution >= 4 is 58.3 Å². The van der Waals surface area contributed by atoms with Crippen LogP contribution in [0.25, 0.3) is 6.08 Å². The van der Waals surface area contributed by atoms with Crippen molar-refractivity contribution in [3.63, 3.8) is 0 Å². The van der Waals surface area contributed by atoms with Crippen molar-refractivity contribution in [2.75, 3.05) is 10.6 Å². The molecule has 0 aliphatic carbocycles. The molecule has 8 heteroatoms. The molecule has 6 nitrogen and oxygen atoms in total. The van der Waals surface area contributed by atoms with Crippen molar-refractivity contribution in [2.45, 2.75) is 30.9 Å². The first-order valence-corrected chi connectivity index (χ1v) is 14.2. The van der Waals surface area contributed by atoms with E-state index in [1.165, 1.54) is 23.1 Å². The van der Waals surface area contributed by atoms with Crippen LogP contribution in [0.1, 0.15) is 34.0 Å². The zero-order valence-electron chi connectivity index (χ0n) is 21.9. The summed E-state index contributed by atoms with van der Waals surface area (Å²) in [6.45, 7) is 5.81. The molecule has 1 aromatic heterocycles. The maximum Gasteiger partial charge on any atom is 0.272 e. The number of rotatable bonds is 9. The SMILES string of the molecule is Cc1cccc(C)c1NC(=O)C(C)Sc1ccc(NC(=O)/C(=C/c2ccsc2)NC(=O)c2ccccc2)cc1. The predicted octanol–water partition coefficient (Wildman–Crippen LogP) is 6.89. The number of aryl methyl sites for hydroxylation is 2. The highest BCUT2D eigenvalue weighted by Crippen LogP contribution is 2.27. The van der Waals surface area contributed by atoms with Gasteiger partial charge in [-0.05, 0) is 96.8 Å². The van der Waals surface area contributed by atoms with Crippen molar-refractivity contribution in [1.29, 1.82) is 0 Å². The molecule has 3 amide bonds. The van der Waals surface area contributed by atoms with Crippen molar-refractivity contribution in [1.82, 2.24) is 5.32 Å². The van der Waals surface area contributed by atoms with E-state index in [0.717, 1.165) is 27.3 Å². The molecule has 1 heterocycles. The Morgan fingerprint density at radius 1 is 0.846 bits per heavy atom. The summed E-state index contributed by atoms with van der Waals surface area (Å²) in [5.74, 6) is -0.883. The second-order valence-corrected chi connectivity index (χ2v) is 11.1. The van der Waals surface area contributed by atoms with Crippen LogP contribution in [-0.2, 0) is 9.59 Å². The van der Waals surface area contributed by atoms with Gasteiger partial charge in [0.05, 0.1) is 5.25 Å². The third-order valence-electron chi connectivity index (χ3n) is 5.91.